The summed E-state index contributed by atoms with van der Waals surface area (Å²) in [6.07, 6.45) is 3.29. The first-order chi connectivity index (χ1) is 12.3. The third-order valence-electron chi connectivity index (χ3n) is 4.03. The van der Waals surface area contributed by atoms with Crippen molar-refractivity contribution in [1.29, 1.82) is 0 Å². The summed E-state index contributed by atoms with van der Waals surface area (Å²) >= 11 is 5.97. The number of sulfonamides is 1. The number of imidazole rings is 1. The van der Waals surface area contributed by atoms with Crippen LogP contribution in [0.1, 0.15) is 23.0 Å². The topological polar surface area (TPSA) is 64.0 Å². The lowest BCUT2D eigenvalue weighted by Crippen LogP contribution is -2.31. The number of halogens is 2. The van der Waals surface area contributed by atoms with Crippen molar-refractivity contribution in [3.05, 3.63) is 82.6 Å². The molecular weight excluding hydrogens is 377 g/mol. The third kappa shape index (κ3) is 3.80. The van der Waals surface area contributed by atoms with E-state index in [0.29, 0.717) is 22.0 Å². The number of nitrogens with zero attached hydrogens (tertiary/aromatic N) is 2. The van der Waals surface area contributed by atoms with Crippen LogP contribution in [0.5, 0.6) is 0 Å². The molecule has 0 amide bonds. The Morgan fingerprint density at radius 1 is 1.19 bits per heavy atom. The van der Waals surface area contributed by atoms with Gasteiger partial charge in [0.05, 0.1) is 4.90 Å². The minimum atomic E-state index is -3.90. The maximum Gasteiger partial charge on any atom is 0.241 e. The van der Waals surface area contributed by atoms with E-state index in [0.717, 1.165) is 0 Å². The maximum absolute atomic E-state index is 13.3. The van der Waals surface area contributed by atoms with Crippen molar-refractivity contribution in [3.63, 3.8) is 0 Å². The molecule has 1 aromatic heterocycles. The molecule has 0 spiro atoms. The molecule has 1 atom stereocenters. The number of aryl methyl sites for hydroxylation is 2. The molecule has 0 bridgehead atoms. The predicted octanol–water partition coefficient (Wildman–Crippen LogP) is 3.59. The van der Waals surface area contributed by atoms with Crippen LogP contribution in [0.4, 0.5) is 4.39 Å². The molecule has 0 fully saturated rings. The predicted molar refractivity (Wildman–Crippen MR) is 98.0 cm³/mol. The summed E-state index contributed by atoms with van der Waals surface area (Å²) in [5, 5.41) is 0.325. The van der Waals surface area contributed by atoms with Crippen molar-refractivity contribution in [2.24, 2.45) is 7.05 Å². The van der Waals surface area contributed by atoms with E-state index in [1.54, 1.807) is 43.1 Å². The first-order valence-corrected chi connectivity index (χ1v) is 9.65. The molecular formula is C18H17ClFN3O2S. The first-order valence-electron chi connectivity index (χ1n) is 7.79. The van der Waals surface area contributed by atoms with Crippen molar-refractivity contribution in [2.75, 3.05) is 0 Å². The van der Waals surface area contributed by atoms with E-state index in [4.69, 9.17) is 11.6 Å². The van der Waals surface area contributed by atoms with Crippen LogP contribution in [-0.4, -0.2) is 18.0 Å². The Morgan fingerprint density at radius 3 is 2.50 bits per heavy atom. The van der Waals surface area contributed by atoms with E-state index in [2.05, 4.69) is 9.71 Å². The van der Waals surface area contributed by atoms with E-state index in [9.17, 15) is 12.8 Å². The van der Waals surface area contributed by atoms with Gasteiger partial charge in [0.15, 0.2) is 0 Å². The summed E-state index contributed by atoms with van der Waals surface area (Å²) in [5.74, 6) is 0.0840. The molecule has 0 aliphatic heterocycles. The average molecular weight is 394 g/mol. The van der Waals surface area contributed by atoms with Crippen LogP contribution in [0.3, 0.4) is 0 Å². The van der Waals surface area contributed by atoms with Gasteiger partial charge in [0.2, 0.25) is 10.0 Å². The van der Waals surface area contributed by atoms with Gasteiger partial charge < -0.3 is 4.57 Å². The lowest BCUT2D eigenvalue weighted by atomic mass is 10.1. The van der Waals surface area contributed by atoms with Gasteiger partial charge in [0.1, 0.15) is 17.7 Å². The zero-order valence-electron chi connectivity index (χ0n) is 14.1. The van der Waals surface area contributed by atoms with Gasteiger partial charge in [0.25, 0.3) is 0 Å². The third-order valence-corrected chi connectivity index (χ3v) is 5.83. The molecule has 0 aliphatic rings. The molecule has 1 heterocycles. The summed E-state index contributed by atoms with van der Waals surface area (Å²) in [6.45, 7) is 1.69. The summed E-state index contributed by atoms with van der Waals surface area (Å²) < 4.78 is 43.6. The monoisotopic (exact) mass is 393 g/mol. The lowest BCUT2D eigenvalue weighted by molar-refractivity contribution is 0.561. The molecule has 0 aliphatic carbocycles. The van der Waals surface area contributed by atoms with Crippen LogP contribution in [0.15, 0.2) is 59.8 Å². The zero-order valence-corrected chi connectivity index (χ0v) is 15.7. The molecule has 0 saturated carbocycles. The second-order valence-electron chi connectivity index (χ2n) is 5.91. The molecule has 0 saturated heterocycles. The number of rotatable bonds is 5. The average Bonchev–Trinajstić information content (AvgIpc) is 3.01. The number of nitrogens with one attached hydrogen (secondary N) is 1. The number of benzene rings is 2. The second-order valence-corrected chi connectivity index (χ2v) is 8.03. The van der Waals surface area contributed by atoms with E-state index in [1.165, 1.54) is 30.3 Å². The van der Waals surface area contributed by atoms with Gasteiger partial charge in [-0.2, -0.15) is 4.72 Å². The fourth-order valence-corrected chi connectivity index (χ4v) is 4.35. The molecule has 0 radical (unpaired) electrons. The zero-order chi connectivity index (χ0) is 18.9. The van der Waals surface area contributed by atoms with E-state index >= 15 is 0 Å². The van der Waals surface area contributed by atoms with Crippen molar-refractivity contribution in [3.8, 4) is 0 Å². The minimum absolute atomic E-state index is 0.0892. The Hall–Kier alpha value is -2.22. The number of aromatic nitrogens is 2. The van der Waals surface area contributed by atoms with Gasteiger partial charge in [-0.05, 0) is 42.3 Å². The van der Waals surface area contributed by atoms with Crippen molar-refractivity contribution in [2.45, 2.75) is 17.9 Å². The van der Waals surface area contributed by atoms with Crippen LogP contribution in [0, 0.1) is 12.7 Å². The molecule has 5 nitrogen and oxygen atoms in total. The highest BCUT2D eigenvalue weighted by molar-refractivity contribution is 7.89. The van der Waals surface area contributed by atoms with Gasteiger partial charge in [0, 0.05) is 24.5 Å². The maximum atomic E-state index is 13.3. The summed E-state index contributed by atoms with van der Waals surface area (Å²) in [5.41, 5.74) is 1.14. The molecule has 1 N–H and O–H groups in total. The fraction of sp³-hybridized carbons (Fsp3) is 0.167. The van der Waals surface area contributed by atoms with Gasteiger partial charge in [-0.3, -0.25) is 0 Å². The van der Waals surface area contributed by atoms with Crippen LogP contribution in [0.25, 0.3) is 0 Å². The molecule has 8 heteroatoms. The Bertz CT molecular complexity index is 1030. The van der Waals surface area contributed by atoms with E-state index < -0.39 is 21.9 Å². The molecule has 26 heavy (non-hydrogen) atoms. The normalized spacial score (nSPS) is 12.9. The van der Waals surface area contributed by atoms with Gasteiger partial charge >= 0.3 is 0 Å². The Morgan fingerprint density at radius 2 is 1.88 bits per heavy atom. The molecule has 136 valence electrons. The van der Waals surface area contributed by atoms with Crippen LogP contribution in [0.2, 0.25) is 5.02 Å². The summed E-state index contributed by atoms with van der Waals surface area (Å²) in [6, 6.07) is 9.52. The van der Waals surface area contributed by atoms with Crippen LogP contribution in [-0.2, 0) is 17.1 Å². The smallest absolute Gasteiger partial charge is 0.241 e. The number of hydrogen-bond acceptors (Lipinski definition) is 3. The van der Waals surface area contributed by atoms with Crippen LogP contribution < -0.4 is 4.72 Å². The van der Waals surface area contributed by atoms with E-state index in [1.807, 2.05) is 0 Å². The molecule has 3 aromatic rings. The minimum Gasteiger partial charge on any atom is -0.336 e. The largest absolute Gasteiger partial charge is 0.336 e. The standard InChI is InChI=1S/C18H17ClFN3O2S/c1-12-3-6-14(19)11-16(12)26(24,25)22-17(18-21-9-10-23(18)2)13-4-7-15(20)8-5-13/h3-11,17,22H,1-2H3. The molecule has 3 rings (SSSR count). The van der Waals surface area contributed by atoms with Crippen LogP contribution >= 0.6 is 11.6 Å². The fourth-order valence-electron chi connectivity index (χ4n) is 2.66. The summed E-state index contributed by atoms with van der Waals surface area (Å²) in [4.78, 5) is 4.34. The highest BCUT2D eigenvalue weighted by Gasteiger charge is 2.27. The SMILES string of the molecule is Cc1ccc(Cl)cc1S(=O)(=O)NC(c1ccc(F)cc1)c1nccn1C. The van der Waals surface area contributed by atoms with Crippen molar-refractivity contribution < 1.29 is 12.8 Å². The van der Waals surface area contributed by atoms with Gasteiger partial charge in [-0.25, -0.2) is 17.8 Å². The Kier molecular flexibility index (Phi) is 5.13. The van der Waals surface area contributed by atoms with Crippen molar-refractivity contribution >= 4 is 21.6 Å². The lowest BCUT2D eigenvalue weighted by Gasteiger charge is -2.20. The summed E-state index contributed by atoms with van der Waals surface area (Å²) in [7, 11) is -2.13. The Balaban J connectivity index is 2.07. The van der Waals surface area contributed by atoms with Gasteiger partial charge in [-0.1, -0.05) is 29.8 Å². The second kappa shape index (κ2) is 7.19. The molecule has 1 unspecified atom stereocenters. The highest BCUT2D eigenvalue weighted by Crippen LogP contribution is 2.26. The van der Waals surface area contributed by atoms with E-state index in [-0.39, 0.29) is 4.90 Å². The highest BCUT2D eigenvalue weighted by atomic mass is 35.5. The first kappa shape index (κ1) is 18.6. The Labute approximate surface area is 156 Å². The number of hydrogen-bond donors (Lipinski definition) is 1. The molecule has 2 aromatic carbocycles. The van der Waals surface area contributed by atoms with Crippen molar-refractivity contribution in [1.82, 2.24) is 14.3 Å². The quantitative estimate of drug-likeness (QED) is 0.720. The van der Waals surface area contributed by atoms with Gasteiger partial charge in [-0.15, -0.1) is 0 Å².